The van der Waals surface area contributed by atoms with Crippen LogP contribution in [0.4, 0.5) is 0 Å². The molecule has 0 amide bonds. The molecule has 0 spiro atoms. The van der Waals surface area contributed by atoms with Crippen molar-refractivity contribution in [3.05, 3.63) is 58.1 Å². The van der Waals surface area contributed by atoms with Crippen molar-refractivity contribution in [1.29, 1.82) is 0 Å². The molecule has 1 aliphatic carbocycles. The van der Waals surface area contributed by atoms with Gasteiger partial charge < -0.3 is 0 Å². The van der Waals surface area contributed by atoms with Crippen molar-refractivity contribution in [2.45, 2.75) is 33.1 Å². The van der Waals surface area contributed by atoms with Crippen LogP contribution in [-0.2, 0) is 11.2 Å². The first-order valence-corrected chi connectivity index (χ1v) is 7.80. The van der Waals surface area contributed by atoms with E-state index in [-0.39, 0.29) is 11.8 Å². The van der Waals surface area contributed by atoms with Gasteiger partial charge in [-0.3, -0.25) is 4.79 Å². The normalized spacial score (nSPS) is 14.0. The molecule has 2 aromatic carbocycles. The molecule has 0 radical (unpaired) electrons. The van der Waals surface area contributed by atoms with Crippen LogP contribution in [0.3, 0.4) is 0 Å². The van der Waals surface area contributed by atoms with Gasteiger partial charge >= 0.3 is 0 Å². The Balaban J connectivity index is 1.98. The second-order valence-electron chi connectivity index (χ2n) is 6.17. The van der Waals surface area contributed by atoms with Crippen LogP contribution in [0.15, 0.2) is 36.4 Å². The molecule has 1 atom stereocenters. The molecule has 21 heavy (non-hydrogen) atoms. The van der Waals surface area contributed by atoms with Crippen LogP contribution in [-0.4, -0.2) is 5.78 Å². The van der Waals surface area contributed by atoms with Gasteiger partial charge in [0.05, 0.1) is 0 Å². The molecule has 108 valence electrons. The van der Waals surface area contributed by atoms with Gasteiger partial charge in [-0.25, -0.2) is 0 Å². The molecule has 0 heterocycles. The average molecular weight is 299 g/mol. The lowest BCUT2D eigenvalue weighted by Crippen LogP contribution is -2.15. The molecule has 1 aliphatic rings. The van der Waals surface area contributed by atoms with Gasteiger partial charge in [0.2, 0.25) is 0 Å². The molecular weight excluding hydrogens is 280 g/mol. The van der Waals surface area contributed by atoms with Gasteiger partial charge in [-0.1, -0.05) is 56.6 Å². The SMILES string of the molecule is CC(C)C(=O)C(C)c1ccc2c(c1)Cc1ccc(Cl)cc1-2. The summed E-state index contributed by atoms with van der Waals surface area (Å²) in [6.07, 6.45) is 0.929. The maximum absolute atomic E-state index is 12.2. The summed E-state index contributed by atoms with van der Waals surface area (Å²) in [5, 5.41) is 0.772. The number of rotatable bonds is 3. The summed E-state index contributed by atoms with van der Waals surface area (Å²) >= 11 is 6.10. The van der Waals surface area contributed by atoms with Crippen molar-refractivity contribution in [2.75, 3.05) is 0 Å². The molecule has 3 rings (SSSR count). The van der Waals surface area contributed by atoms with Crippen LogP contribution < -0.4 is 0 Å². The summed E-state index contributed by atoms with van der Waals surface area (Å²) in [7, 11) is 0. The second kappa shape index (κ2) is 5.31. The van der Waals surface area contributed by atoms with E-state index in [0.29, 0.717) is 5.78 Å². The Morgan fingerprint density at radius 2 is 1.76 bits per heavy atom. The number of carbonyl (C=O) groups excluding carboxylic acids is 1. The first kappa shape index (κ1) is 14.3. The van der Waals surface area contributed by atoms with Crippen molar-refractivity contribution in [3.63, 3.8) is 0 Å². The van der Waals surface area contributed by atoms with Crippen molar-refractivity contribution >= 4 is 17.4 Å². The first-order valence-electron chi connectivity index (χ1n) is 7.42. The Morgan fingerprint density at radius 3 is 2.48 bits per heavy atom. The summed E-state index contributed by atoms with van der Waals surface area (Å²) in [5.41, 5.74) is 6.21. The van der Waals surface area contributed by atoms with Gasteiger partial charge in [0.25, 0.3) is 0 Å². The van der Waals surface area contributed by atoms with E-state index in [1.807, 2.05) is 32.9 Å². The predicted molar refractivity (Wildman–Crippen MR) is 88.0 cm³/mol. The quantitative estimate of drug-likeness (QED) is 0.646. The first-order chi connectivity index (χ1) is 9.97. The van der Waals surface area contributed by atoms with Crippen LogP contribution in [0, 0.1) is 5.92 Å². The maximum Gasteiger partial charge on any atom is 0.142 e. The highest BCUT2D eigenvalue weighted by Gasteiger charge is 2.23. The molecule has 0 saturated heterocycles. The number of ketones is 1. The predicted octanol–water partition coefficient (Wildman–Crippen LogP) is 5.24. The Bertz CT molecular complexity index is 716. The number of Topliss-reactive ketones (excluding diaryl/α,β-unsaturated/α-hetero) is 1. The van der Waals surface area contributed by atoms with E-state index in [2.05, 4.69) is 24.3 Å². The fraction of sp³-hybridized carbons (Fsp3) is 0.316. The lowest BCUT2D eigenvalue weighted by Gasteiger charge is -2.14. The van der Waals surface area contributed by atoms with Gasteiger partial charge in [0, 0.05) is 16.9 Å². The molecule has 0 saturated carbocycles. The van der Waals surface area contributed by atoms with Gasteiger partial charge in [0.15, 0.2) is 0 Å². The zero-order valence-corrected chi connectivity index (χ0v) is 13.4. The monoisotopic (exact) mass is 298 g/mol. The summed E-state index contributed by atoms with van der Waals surface area (Å²) in [5.74, 6) is 0.334. The van der Waals surface area contributed by atoms with Crippen molar-refractivity contribution in [1.82, 2.24) is 0 Å². The van der Waals surface area contributed by atoms with Crippen molar-refractivity contribution in [3.8, 4) is 11.1 Å². The van der Waals surface area contributed by atoms with Crippen LogP contribution in [0.5, 0.6) is 0 Å². The largest absolute Gasteiger partial charge is 0.299 e. The highest BCUT2D eigenvalue weighted by atomic mass is 35.5. The number of hydrogen-bond acceptors (Lipinski definition) is 1. The van der Waals surface area contributed by atoms with Crippen molar-refractivity contribution in [2.24, 2.45) is 5.92 Å². The van der Waals surface area contributed by atoms with Crippen LogP contribution in [0.1, 0.15) is 43.4 Å². The minimum atomic E-state index is -0.0393. The van der Waals surface area contributed by atoms with E-state index >= 15 is 0 Å². The van der Waals surface area contributed by atoms with E-state index in [1.165, 1.54) is 22.3 Å². The Hall–Kier alpha value is -1.60. The van der Waals surface area contributed by atoms with E-state index in [1.54, 1.807) is 0 Å². The summed E-state index contributed by atoms with van der Waals surface area (Å²) in [4.78, 5) is 12.2. The van der Waals surface area contributed by atoms with Crippen LogP contribution in [0.2, 0.25) is 5.02 Å². The van der Waals surface area contributed by atoms with Gasteiger partial charge in [-0.15, -0.1) is 0 Å². The van der Waals surface area contributed by atoms with E-state index in [4.69, 9.17) is 11.6 Å². The number of hydrogen-bond donors (Lipinski definition) is 0. The van der Waals surface area contributed by atoms with Gasteiger partial charge in [-0.05, 0) is 46.4 Å². The maximum atomic E-state index is 12.2. The third-order valence-corrected chi connectivity index (χ3v) is 4.60. The molecular formula is C19H19ClO. The Labute approximate surface area is 131 Å². The topological polar surface area (TPSA) is 17.1 Å². The summed E-state index contributed by atoms with van der Waals surface area (Å²) in [6.45, 7) is 5.93. The van der Waals surface area contributed by atoms with Crippen LogP contribution >= 0.6 is 11.6 Å². The van der Waals surface area contributed by atoms with E-state index in [9.17, 15) is 4.79 Å². The average Bonchev–Trinajstić information content (AvgIpc) is 2.82. The lowest BCUT2D eigenvalue weighted by atomic mass is 9.89. The van der Waals surface area contributed by atoms with Crippen LogP contribution in [0.25, 0.3) is 11.1 Å². The third-order valence-electron chi connectivity index (χ3n) is 4.37. The molecule has 2 aromatic rings. The number of fused-ring (bicyclic) bond motifs is 3. The van der Waals surface area contributed by atoms with E-state index < -0.39 is 0 Å². The molecule has 0 aromatic heterocycles. The minimum absolute atomic E-state index is 0.0393. The Kier molecular flexibility index (Phi) is 3.62. The zero-order chi connectivity index (χ0) is 15.1. The van der Waals surface area contributed by atoms with Crippen molar-refractivity contribution < 1.29 is 4.79 Å². The van der Waals surface area contributed by atoms with Gasteiger partial charge in [0.1, 0.15) is 5.78 Å². The number of carbonyl (C=O) groups is 1. The lowest BCUT2D eigenvalue weighted by molar-refractivity contribution is -0.123. The fourth-order valence-electron chi connectivity index (χ4n) is 3.11. The number of benzene rings is 2. The molecule has 2 heteroatoms. The van der Waals surface area contributed by atoms with Gasteiger partial charge in [-0.2, -0.15) is 0 Å². The minimum Gasteiger partial charge on any atom is -0.299 e. The zero-order valence-electron chi connectivity index (χ0n) is 12.6. The highest BCUT2D eigenvalue weighted by molar-refractivity contribution is 6.31. The highest BCUT2D eigenvalue weighted by Crippen LogP contribution is 2.39. The molecule has 1 nitrogen and oxygen atoms in total. The fourth-order valence-corrected chi connectivity index (χ4v) is 3.29. The smallest absolute Gasteiger partial charge is 0.142 e. The second-order valence-corrected chi connectivity index (χ2v) is 6.61. The summed E-state index contributed by atoms with van der Waals surface area (Å²) < 4.78 is 0. The Morgan fingerprint density at radius 1 is 1.00 bits per heavy atom. The molecule has 0 aliphatic heterocycles. The number of halogens is 1. The molecule has 1 unspecified atom stereocenters. The molecule has 0 bridgehead atoms. The third kappa shape index (κ3) is 2.51. The molecule has 0 fully saturated rings. The molecule has 0 N–H and O–H groups in total. The summed E-state index contributed by atoms with van der Waals surface area (Å²) in [6, 6.07) is 12.5. The van der Waals surface area contributed by atoms with E-state index in [0.717, 1.165) is 17.0 Å². The standard InChI is InChI=1S/C19H19ClO/c1-11(2)19(21)12(3)13-5-7-17-15(8-13)9-14-4-6-16(20)10-18(14)17/h4-8,10-12H,9H2,1-3H3.